The minimum absolute atomic E-state index is 0.360. The van der Waals surface area contributed by atoms with Gasteiger partial charge in [0.2, 0.25) is 0 Å². The highest BCUT2D eigenvalue weighted by Crippen LogP contribution is 2.47. The largest absolute Gasteiger partial charge is 0.497 e. The summed E-state index contributed by atoms with van der Waals surface area (Å²) >= 11 is 0. The van der Waals surface area contributed by atoms with Crippen molar-refractivity contribution in [2.24, 2.45) is 11.8 Å². The average Bonchev–Trinajstić information content (AvgIpc) is 2.56. The molecule has 172 valence electrons. The predicted molar refractivity (Wildman–Crippen MR) is 115 cm³/mol. The lowest BCUT2D eigenvalue weighted by atomic mass is 9.61. The number of Topliss-reactive ketones (excluding diaryl/α,β-unsaturated/α-hetero) is 1. The van der Waals surface area contributed by atoms with E-state index in [1.165, 1.54) is 14.0 Å². The van der Waals surface area contributed by atoms with Gasteiger partial charge in [-0.1, -0.05) is 12.1 Å². The maximum absolute atomic E-state index is 13.3. The summed E-state index contributed by atoms with van der Waals surface area (Å²) in [7, 11) is 1.50. The molecule has 1 aromatic rings. The molecule has 0 aliphatic heterocycles. The molecule has 0 bridgehead atoms. The Balaban J connectivity index is 2.66. The van der Waals surface area contributed by atoms with Crippen LogP contribution in [0.1, 0.15) is 66.4 Å². The standard InChI is InChI=1S/C24H34O7/c1-22(2,3)30-20(26)18-16(25)13-24(7,28)19(21(27)31-23(4,5)6)17(18)14-10-9-11-15(12-14)29-8/h9-12,17-19,28H,13H2,1-8H3/t17-,18-,19+,24-/m0/s1. The molecule has 4 atom stereocenters. The van der Waals surface area contributed by atoms with E-state index in [0.29, 0.717) is 11.3 Å². The Morgan fingerprint density at radius 2 is 1.58 bits per heavy atom. The molecule has 0 unspecified atom stereocenters. The molecule has 1 aliphatic rings. The Kier molecular flexibility index (Phi) is 6.91. The van der Waals surface area contributed by atoms with Crippen LogP contribution in [0.5, 0.6) is 5.75 Å². The summed E-state index contributed by atoms with van der Waals surface area (Å²) in [4.78, 5) is 39.5. The van der Waals surface area contributed by atoms with Crippen molar-refractivity contribution in [3.8, 4) is 5.75 Å². The predicted octanol–water partition coefficient (Wildman–Crippen LogP) is 3.42. The summed E-state index contributed by atoms with van der Waals surface area (Å²) in [5.74, 6) is -4.78. The van der Waals surface area contributed by atoms with Crippen LogP contribution in [0.2, 0.25) is 0 Å². The van der Waals surface area contributed by atoms with Gasteiger partial charge in [-0.25, -0.2) is 0 Å². The van der Waals surface area contributed by atoms with E-state index in [9.17, 15) is 19.5 Å². The topological polar surface area (TPSA) is 99.1 Å². The van der Waals surface area contributed by atoms with Crippen molar-refractivity contribution >= 4 is 17.7 Å². The van der Waals surface area contributed by atoms with Gasteiger partial charge in [0.25, 0.3) is 0 Å². The van der Waals surface area contributed by atoms with Crippen molar-refractivity contribution in [2.75, 3.05) is 7.11 Å². The highest BCUT2D eigenvalue weighted by Gasteiger charge is 2.57. The van der Waals surface area contributed by atoms with Crippen molar-refractivity contribution in [3.05, 3.63) is 29.8 Å². The van der Waals surface area contributed by atoms with Crippen LogP contribution in [0.4, 0.5) is 0 Å². The third-order valence-corrected chi connectivity index (χ3v) is 5.07. The fourth-order valence-corrected chi connectivity index (χ4v) is 4.00. The van der Waals surface area contributed by atoms with Gasteiger partial charge in [-0.05, 0) is 66.2 Å². The summed E-state index contributed by atoms with van der Waals surface area (Å²) in [6.45, 7) is 11.7. The lowest BCUT2D eigenvalue weighted by molar-refractivity contribution is -0.182. The van der Waals surface area contributed by atoms with E-state index in [2.05, 4.69) is 0 Å². The molecule has 1 aromatic carbocycles. The normalized spacial score (nSPS) is 26.9. The van der Waals surface area contributed by atoms with E-state index in [1.54, 1.807) is 65.8 Å². The molecule has 7 nitrogen and oxygen atoms in total. The van der Waals surface area contributed by atoms with Crippen LogP contribution in [0.3, 0.4) is 0 Å². The first-order valence-corrected chi connectivity index (χ1v) is 10.4. The molecule has 0 amide bonds. The number of esters is 2. The van der Waals surface area contributed by atoms with Gasteiger partial charge in [-0.2, -0.15) is 0 Å². The van der Waals surface area contributed by atoms with E-state index in [4.69, 9.17) is 14.2 Å². The van der Waals surface area contributed by atoms with E-state index in [0.717, 1.165) is 0 Å². The van der Waals surface area contributed by atoms with E-state index < -0.39 is 52.3 Å². The quantitative estimate of drug-likeness (QED) is 0.573. The smallest absolute Gasteiger partial charge is 0.317 e. The minimum atomic E-state index is -1.70. The number of aliphatic hydroxyl groups is 1. The molecule has 1 fully saturated rings. The summed E-state index contributed by atoms with van der Waals surface area (Å²) in [6, 6.07) is 6.79. The number of carbonyl (C=O) groups is 3. The first-order chi connectivity index (χ1) is 14.1. The molecule has 2 rings (SSSR count). The molecular formula is C24H34O7. The van der Waals surface area contributed by atoms with Crippen LogP contribution >= 0.6 is 0 Å². The lowest BCUT2D eigenvalue weighted by Crippen LogP contribution is -2.56. The molecule has 31 heavy (non-hydrogen) atoms. The Morgan fingerprint density at radius 3 is 2.10 bits per heavy atom. The lowest BCUT2D eigenvalue weighted by Gasteiger charge is -2.44. The zero-order valence-electron chi connectivity index (χ0n) is 19.6. The second-order valence-corrected chi connectivity index (χ2v) is 10.3. The number of methoxy groups -OCH3 is 1. The molecule has 0 aromatic heterocycles. The van der Waals surface area contributed by atoms with Gasteiger partial charge in [0, 0.05) is 12.3 Å². The zero-order chi connectivity index (χ0) is 23.8. The van der Waals surface area contributed by atoms with Gasteiger partial charge in [0.05, 0.1) is 18.6 Å². The highest BCUT2D eigenvalue weighted by atomic mass is 16.6. The molecule has 7 heteroatoms. The molecule has 1 N–H and O–H groups in total. The number of hydrogen-bond donors (Lipinski definition) is 1. The van der Waals surface area contributed by atoms with Crippen LogP contribution < -0.4 is 4.74 Å². The summed E-state index contributed by atoms with van der Waals surface area (Å²) in [6.07, 6.45) is -0.360. The second kappa shape index (κ2) is 8.61. The molecule has 0 heterocycles. The first-order valence-electron chi connectivity index (χ1n) is 10.4. The number of carbonyl (C=O) groups excluding carboxylic acids is 3. The molecule has 0 radical (unpaired) electrons. The van der Waals surface area contributed by atoms with Crippen LogP contribution in [-0.2, 0) is 23.9 Å². The molecule has 0 spiro atoms. The zero-order valence-corrected chi connectivity index (χ0v) is 19.6. The van der Waals surface area contributed by atoms with Crippen molar-refractivity contribution in [1.29, 1.82) is 0 Å². The molecule has 1 saturated carbocycles. The Bertz CT molecular complexity index is 842. The Morgan fingerprint density at radius 1 is 1.03 bits per heavy atom. The molecule has 0 saturated heterocycles. The van der Waals surface area contributed by atoms with Crippen LogP contribution in [0, 0.1) is 11.8 Å². The summed E-state index contributed by atoms with van der Waals surface area (Å²) in [5.41, 5.74) is -2.82. The number of benzene rings is 1. The minimum Gasteiger partial charge on any atom is -0.497 e. The SMILES string of the molecule is COc1cccc([C@H]2[C@@H](C(=O)OC(C)(C)C)C(=O)C[C@](C)(O)[C@H]2C(=O)OC(C)(C)C)c1. The fraction of sp³-hybridized carbons (Fsp3) is 0.625. The Labute approximate surface area is 184 Å². The van der Waals surface area contributed by atoms with Gasteiger partial charge < -0.3 is 19.3 Å². The van der Waals surface area contributed by atoms with Gasteiger partial charge in [0.1, 0.15) is 22.9 Å². The number of hydrogen-bond acceptors (Lipinski definition) is 7. The first kappa shape index (κ1) is 24.9. The third-order valence-electron chi connectivity index (χ3n) is 5.07. The number of ether oxygens (including phenoxy) is 3. The van der Waals surface area contributed by atoms with Crippen molar-refractivity contribution in [1.82, 2.24) is 0 Å². The second-order valence-electron chi connectivity index (χ2n) is 10.3. The van der Waals surface area contributed by atoms with Crippen molar-refractivity contribution < 1.29 is 33.7 Å². The maximum atomic E-state index is 13.3. The van der Waals surface area contributed by atoms with E-state index in [-0.39, 0.29) is 6.42 Å². The average molecular weight is 435 g/mol. The van der Waals surface area contributed by atoms with E-state index >= 15 is 0 Å². The number of ketones is 1. The monoisotopic (exact) mass is 434 g/mol. The van der Waals surface area contributed by atoms with Crippen molar-refractivity contribution in [2.45, 2.75) is 77.6 Å². The summed E-state index contributed by atoms with van der Waals surface area (Å²) < 4.78 is 16.4. The van der Waals surface area contributed by atoms with E-state index in [1.807, 2.05) is 0 Å². The maximum Gasteiger partial charge on any atom is 0.317 e. The van der Waals surface area contributed by atoms with Gasteiger partial charge in [-0.3, -0.25) is 14.4 Å². The summed E-state index contributed by atoms with van der Waals surface area (Å²) in [5, 5.41) is 11.2. The molecule has 1 aliphatic carbocycles. The van der Waals surface area contributed by atoms with Gasteiger partial charge >= 0.3 is 11.9 Å². The van der Waals surface area contributed by atoms with Crippen LogP contribution in [0.15, 0.2) is 24.3 Å². The highest BCUT2D eigenvalue weighted by molar-refractivity contribution is 6.03. The Hall–Kier alpha value is -2.41. The van der Waals surface area contributed by atoms with Crippen molar-refractivity contribution in [3.63, 3.8) is 0 Å². The number of rotatable bonds is 4. The molecular weight excluding hydrogens is 400 g/mol. The van der Waals surface area contributed by atoms with Crippen LogP contribution in [0.25, 0.3) is 0 Å². The fourth-order valence-electron chi connectivity index (χ4n) is 4.00. The third kappa shape index (κ3) is 6.06. The van der Waals surface area contributed by atoms with Gasteiger partial charge in [0.15, 0.2) is 5.78 Å². The van der Waals surface area contributed by atoms with Gasteiger partial charge in [-0.15, -0.1) is 0 Å². The van der Waals surface area contributed by atoms with Crippen LogP contribution in [-0.4, -0.2) is 46.7 Å².